The molecule has 6 heteroatoms. The summed E-state index contributed by atoms with van der Waals surface area (Å²) in [5, 5.41) is 10.8. The summed E-state index contributed by atoms with van der Waals surface area (Å²) < 4.78 is 5.98. The number of fused-ring (bicyclic) bond motifs is 3. The predicted octanol–water partition coefficient (Wildman–Crippen LogP) is 8.35. The zero-order valence-corrected chi connectivity index (χ0v) is 25.9. The van der Waals surface area contributed by atoms with Crippen molar-refractivity contribution in [3.05, 3.63) is 167 Å². The van der Waals surface area contributed by atoms with E-state index >= 15 is 0 Å². The van der Waals surface area contributed by atoms with Gasteiger partial charge >= 0.3 is 12.1 Å². The van der Waals surface area contributed by atoms with Crippen LogP contribution in [0.25, 0.3) is 11.1 Å². The van der Waals surface area contributed by atoms with E-state index in [2.05, 4.69) is 61.2 Å². The van der Waals surface area contributed by atoms with Gasteiger partial charge in [0.15, 0.2) is 5.54 Å². The smallest absolute Gasteiger partial charge is 0.411 e. The Kier molecular flexibility index (Phi) is 8.76. The molecular weight excluding hydrogens is 578 g/mol. The Labute approximate surface area is 269 Å². The van der Waals surface area contributed by atoms with Gasteiger partial charge in [0, 0.05) is 24.1 Å². The fraction of sp³-hybridized carbons (Fsp3) is 0.179. The average Bonchev–Trinajstić information content (AvgIpc) is 3.40. The molecule has 0 heterocycles. The number of benzene rings is 5. The van der Waals surface area contributed by atoms with Crippen molar-refractivity contribution in [1.82, 2.24) is 4.90 Å². The maximum absolute atomic E-state index is 13.9. The lowest BCUT2D eigenvalue weighted by Crippen LogP contribution is -2.56. The molecule has 6 rings (SSSR count). The lowest BCUT2D eigenvalue weighted by atomic mass is 9.81. The molecule has 226 valence electrons. The fourth-order valence-corrected chi connectivity index (χ4v) is 7.20. The van der Waals surface area contributed by atoms with Gasteiger partial charge in [-0.15, -0.1) is 0 Å². The number of amides is 1. The minimum atomic E-state index is -1.76. The normalized spacial score (nSPS) is 13.5. The molecule has 1 aliphatic rings. The zero-order valence-electron chi connectivity index (χ0n) is 25.0. The maximum Gasteiger partial charge on any atom is 0.411 e. The first-order valence-electron chi connectivity index (χ1n) is 15.2. The van der Waals surface area contributed by atoms with Gasteiger partial charge in [0.05, 0.1) is 0 Å². The number of hydrogen-bond acceptors (Lipinski definition) is 4. The van der Waals surface area contributed by atoms with E-state index in [1.807, 2.05) is 78.9 Å². The number of carbonyl (C=O) groups excluding carboxylic acids is 1. The van der Waals surface area contributed by atoms with Crippen molar-refractivity contribution in [3.8, 4) is 11.1 Å². The molecule has 0 spiro atoms. The summed E-state index contributed by atoms with van der Waals surface area (Å²) in [7, 11) is 0. The SMILES string of the molecule is CCN(C(=O)OCC1c2ccccc2-c2ccccc21)[C@@](CS)(C(=O)O)c1cccc(C(c2ccccc2)c2ccccc2)c1. The summed E-state index contributed by atoms with van der Waals surface area (Å²) in [6.07, 6.45) is -0.691. The Balaban J connectivity index is 1.35. The van der Waals surface area contributed by atoms with Crippen LogP contribution in [0.15, 0.2) is 133 Å². The van der Waals surface area contributed by atoms with Gasteiger partial charge in [-0.1, -0.05) is 133 Å². The van der Waals surface area contributed by atoms with Gasteiger partial charge in [0.25, 0.3) is 0 Å². The molecule has 0 aromatic heterocycles. The molecule has 0 saturated heterocycles. The Morgan fingerprint density at radius 2 is 1.27 bits per heavy atom. The number of rotatable bonds is 10. The molecule has 5 nitrogen and oxygen atoms in total. The first-order valence-corrected chi connectivity index (χ1v) is 15.8. The molecule has 0 bridgehead atoms. The van der Waals surface area contributed by atoms with Crippen molar-refractivity contribution < 1.29 is 19.4 Å². The van der Waals surface area contributed by atoms with Crippen molar-refractivity contribution in [2.24, 2.45) is 0 Å². The van der Waals surface area contributed by atoms with E-state index in [0.717, 1.165) is 38.9 Å². The highest BCUT2D eigenvalue weighted by Gasteiger charge is 2.48. The number of thiol groups is 1. The number of ether oxygens (including phenoxy) is 1. The van der Waals surface area contributed by atoms with E-state index in [-0.39, 0.29) is 30.7 Å². The number of likely N-dealkylation sites (N-methyl/N-ethyl adjacent to an activating group) is 1. The predicted molar refractivity (Wildman–Crippen MR) is 181 cm³/mol. The molecule has 0 fully saturated rings. The van der Waals surface area contributed by atoms with Crippen molar-refractivity contribution in [2.45, 2.75) is 24.3 Å². The van der Waals surface area contributed by atoms with Crippen molar-refractivity contribution in [3.63, 3.8) is 0 Å². The van der Waals surface area contributed by atoms with Crippen LogP contribution >= 0.6 is 12.6 Å². The van der Waals surface area contributed by atoms with Gasteiger partial charge in [0.1, 0.15) is 6.61 Å². The number of carbonyl (C=O) groups is 2. The van der Waals surface area contributed by atoms with E-state index in [9.17, 15) is 14.7 Å². The topological polar surface area (TPSA) is 66.8 Å². The van der Waals surface area contributed by atoms with Gasteiger partial charge in [-0.25, -0.2) is 9.59 Å². The molecule has 1 N–H and O–H groups in total. The number of hydrogen-bond donors (Lipinski definition) is 2. The summed E-state index contributed by atoms with van der Waals surface area (Å²) in [5.41, 5.74) is 6.22. The zero-order chi connectivity index (χ0) is 31.4. The highest BCUT2D eigenvalue weighted by Crippen LogP contribution is 2.45. The Hall–Kier alpha value is -4.81. The molecule has 1 amide bonds. The highest BCUT2D eigenvalue weighted by atomic mass is 32.1. The second-order valence-corrected chi connectivity index (χ2v) is 11.6. The first kappa shape index (κ1) is 30.2. The molecule has 5 aromatic carbocycles. The summed E-state index contributed by atoms with van der Waals surface area (Å²) in [5.74, 6) is -1.58. The van der Waals surface area contributed by atoms with Crippen LogP contribution < -0.4 is 0 Å². The van der Waals surface area contributed by atoms with E-state index < -0.39 is 17.6 Å². The van der Waals surface area contributed by atoms with Crippen molar-refractivity contribution in [2.75, 3.05) is 18.9 Å². The van der Waals surface area contributed by atoms with Gasteiger partial charge in [-0.2, -0.15) is 12.6 Å². The Bertz CT molecular complexity index is 1720. The van der Waals surface area contributed by atoms with Crippen LogP contribution in [0.3, 0.4) is 0 Å². The van der Waals surface area contributed by atoms with Gasteiger partial charge in [0.2, 0.25) is 0 Å². The third kappa shape index (κ3) is 5.51. The summed E-state index contributed by atoms with van der Waals surface area (Å²) >= 11 is 4.57. The van der Waals surface area contributed by atoms with Crippen LogP contribution in [0, 0.1) is 0 Å². The molecule has 45 heavy (non-hydrogen) atoms. The standard InChI is InChI=1S/C39H35NO4S/c1-2-40(38(43)44-25-35-33-22-11-9-20-31(33)32-21-10-12-23-34(32)35)39(26-45,37(41)42)30-19-13-18-29(24-30)36(27-14-5-3-6-15-27)28-16-7-4-8-17-28/h3-24,35-36,45H,2,25-26H2,1H3,(H,41,42)/t39-/m1/s1. The molecule has 5 aromatic rings. The summed E-state index contributed by atoms with van der Waals surface area (Å²) in [6, 6.07) is 44.0. The minimum Gasteiger partial charge on any atom is -0.479 e. The summed E-state index contributed by atoms with van der Waals surface area (Å²) in [4.78, 5) is 28.5. The monoisotopic (exact) mass is 613 g/mol. The van der Waals surface area contributed by atoms with Crippen LogP contribution in [0.5, 0.6) is 0 Å². The van der Waals surface area contributed by atoms with Crippen LogP contribution in [-0.4, -0.2) is 41.0 Å². The molecule has 0 radical (unpaired) electrons. The van der Waals surface area contributed by atoms with Crippen LogP contribution in [0.4, 0.5) is 4.79 Å². The third-order valence-corrected chi connectivity index (χ3v) is 9.34. The Morgan fingerprint density at radius 3 is 1.78 bits per heavy atom. The summed E-state index contributed by atoms with van der Waals surface area (Å²) in [6.45, 7) is 1.98. The van der Waals surface area contributed by atoms with Crippen molar-refractivity contribution >= 4 is 24.7 Å². The van der Waals surface area contributed by atoms with Crippen molar-refractivity contribution in [1.29, 1.82) is 0 Å². The van der Waals surface area contributed by atoms with Crippen LogP contribution in [-0.2, 0) is 15.1 Å². The number of carboxylic acids is 1. The van der Waals surface area contributed by atoms with E-state index in [0.29, 0.717) is 5.56 Å². The second-order valence-electron chi connectivity index (χ2n) is 11.3. The third-order valence-electron chi connectivity index (χ3n) is 8.88. The molecule has 0 aliphatic heterocycles. The number of carboxylic acid groups (broad SMARTS) is 1. The van der Waals surface area contributed by atoms with E-state index in [1.165, 1.54) is 4.90 Å². The molecule has 1 aliphatic carbocycles. The lowest BCUT2D eigenvalue weighted by molar-refractivity contribution is -0.149. The molecule has 1 atom stereocenters. The largest absolute Gasteiger partial charge is 0.479 e. The Morgan fingerprint density at radius 1 is 0.756 bits per heavy atom. The molecule has 0 unspecified atom stereocenters. The maximum atomic E-state index is 13.9. The van der Waals surface area contributed by atoms with E-state index in [1.54, 1.807) is 13.0 Å². The van der Waals surface area contributed by atoms with Crippen LogP contribution in [0.2, 0.25) is 0 Å². The number of aliphatic carboxylic acids is 1. The lowest BCUT2D eigenvalue weighted by Gasteiger charge is -2.39. The van der Waals surface area contributed by atoms with Crippen LogP contribution in [0.1, 0.15) is 52.1 Å². The second kappa shape index (κ2) is 13.0. The first-order chi connectivity index (χ1) is 22.0. The van der Waals surface area contributed by atoms with Gasteiger partial charge in [-0.3, -0.25) is 4.90 Å². The highest BCUT2D eigenvalue weighted by molar-refractivity contribution is 7.80. The molecule has 0 saturated carbocycles. The fourth-order valence-electron chi connectivity index (χ4n) is 6.71. The quantitative estimate of drug-likeness (QED) is 0.123. The molecular formula is C39H35NO4S. The van der Waals surface area contributed by atoms with Gasteiger partial charge < -0.3 is 9.84 Å². The number of nitrogens with zero attached hydrogens (tertiary/aromatic N) is 1. The average molecular weight is 614 g/mol. The minimum absolute atomic E-state index is 0.0930. The van der Waals surface area contributed by atoms with E-state index in [4.69, 9.17) is 4.74 Å². The van der Waals surface area contributed by atoms with Gasteiger partial charge in [-0.05, 0) is 51.4 Å².